The van der Waals surface area contributed by atoms with Crippen LogP contribution in [0.4, 0.5) is 13.2 Å². The van der Waals surface area contributed by atoms with E-state index in [9.17, 15) is 18.0 Å². The third-order valence-corrected chi connectivity index (χ3v) is 7.11. The predicted octanol–water partition coefficient (Wildman–Crippen LogP) is 8.43. The second kappa shape index (κ2) is 13.3. The maximum atomic E-state index is 13.9. The summed E-state index contributed by atoms with van der Waals surface area (Å²) in [5, 5.41) is 1.00. The highest BCUT2D eigenvalue weighted by Gasteiger charge is 2.33. The van der Waals surface area contributed by atoms with Crippen LogP contribution in [0, 0.1) is 0 Å². The summed E-state index contributed by atoms with van der Waals surface area (Å²) < 4.78 is 57.7. The number of hydrogen-bond acceptors (Lipinski definition) is 5. The number of carbonyl (C=O) groups excluding carboxylic acids is 1. The lowest BCUT2D eigenvalue weighted by Crippen LogP contribution is -2.10. The number of halogens is 4. The first kappa shape index (κ1) is 30.1. The first-order valence-electron chi connectivity index (χ1n) is 13.4. The van der Waals surface area contributed by atoms with Crippen LogP contribution < -0.4 is 4.74 Å². The fourth-order valence-electron chi connectivity index (χ4n) is 4.74. The first-order valence-corrected chi connectivity index (χ1v) is 13.8. The molecule has 0 fully saturated rings. The van der Waals surface area contributed by atoms with Crippen LogP contribution in [0.15, 0.2) is 97.2 Å². The van der Waals surface area contributed by atoms with Gasteiger partial charge >= 0.3 is 12.1 Å². The zero-order chi connectivity index (χ0) is 30.4. The number of para-hydroxylation sites is 1. The summed E-state index contributed by atoms with van der Waals surface area (Å²) in [5.41, 5.74) is 4.02. The SMILES string of the molecule is COC(=O)COCc1ccc(COc2cccc(-c3c(Cc4ccc(Cl)cc4)cnc4c(C(F)(F)F)cccc34)c2)cc1. The van der Waals surface area contributed by atoms with Crippen molar-refractivity contribution in [1.29, 1.82) is 0 Å². The number of hydrogen-bond donors (Lipinski definition) is 0. The third-order valence-electron chi connectivity index (χ3n) is 6.86. The molecule has 0 spiro atoms. The van der Waals surface area contributed by atoms with Crippen LogP contribution >= 0.6 is 11.6 Å². The normalized spacial score (nSPS) is 11.5. The number of esters is 1. The van der Waals surface area contributed by atoms with Gasteiger partial charge in [0.15, 0.2) is 0 Å². The van der Waals surface area contributed by atoms with Crippen molar-refractivity contribution in [3.63, 3.8) is 0 Å². The van der Waals surface area contributed by atoms with Gasteiger partial charge in [0, 0.05) is 16.6 Å². The van der Waals surface area contributed by atoms with Crippen molar-refractivity contribution in [2.45, 2.75) is 25.8 Å². The van der Waals surface area contributed by atoms with E-state index in [4.69, 9.17) is 21.1 Å². The van der Waals surface area contributed by atoms with Crippen molar-refractivity contribution >= 4 is 28.5 Å². The molecule has 220 valence electrons. The highest BCUT2D eigenvalue weighted by molar-refractivity contribution is 6.30. The van der Waals surface area contributed by atoms with Crippen molar-refractivity contribution in [2.24, 2.45) is 0 Å². The zero-order valence-corrected chi connectivity index (χ0v) is 23.9. The molecule has 0 aliphatic rings. The van der Waals surface area contributed by atoms with E-state index in [0.717, 1.165) is 28.3 Å². The number of rotatable bonds is 10. The lowest BCUT2D eigenvalue weighted by Gasteiger charge is -2.17. The summed E-state index contributed by atoms with van der Waals surface area (Å²) in [6, 6.07) is 26.4. The maximum Gasteiger partial charge on any atom is 0.418 e. The van der Waals surface area contributed by atoms with Gasteiger partial charge in [-0.3, -0.25) is 4.98 Å². The molecule has 0 aliphatic heterocycles. The molecule has 0 aliphatic carbocycles. The monoisotopic (exact) mass is 605 g/mol. The number of alkyl halides is 3. The van der Waals surface area contributed by atoms with Gasteiger partial charge in [0.25, 0.3) is 0 Å². The summed E-state index contributed by atoms with van der Waals surface area (Å²) in [4.78, 5) is 15.5. The van der Waals surface area contributed by atoms with E-state index >= 15 is 0 Å². The Morgan fingerprint density at radius 3 is 2.23 bits per heavy atom. The Hall–Kier alpha value is -4.40. The van der Waals surface area contributed by atoms with Crippen LogP contribution in [0.25, 0.3) is 22.0 Å². The molecule has 0 N–H and O–H groups in total. The van der Waals surface area contributed by atoms with Gasteiger partial charge in [-0.05, 0) is 70.1 Å². The summed E-state index contributed by atoms with van der Waals surface area (Å²) in [7, 11) is 1.30. The molecular weight excluding hydrogens is 579 g/mol. The largest absolute Gasteiger partial charge is 0.489 e. The minimum absolute atomic E-state index is 0.105. The standard InChI is InChI=1S/C34H27ClF3NO4/c1-41-31(40)21-42-19-23-8-10-24(11-9-23)20-43-28-5-2-4-25(17-28)32-26(16-22-12-14-27(35)15-13-22)18-39-33-29(32)6-3-7-30(33)34(36,37)38/h2-15,17-18H,16,19-21H2,1H3. The molecule has 0 bridgehead atoms. The molecule has 0 atom stereocenters. The molecule has 5 nitrogen and oxygen atoms in total. The summed E-state index contributed by atoms with van der Waals surface area (Å²) in [5.74, 6) is 0.127. The predicted molar refractivity (Wildman–Crippen MR) is 159 cm³/mol. The van der Waals surface area contributed by atoms with Crippen LogP contribution in [-0.2, 0) is 40.1 Å². The fourth-order valence-corrected chi connectivity index (χ4v) is 4.87. The van der Waals surface area contributed by atoms with Gasteiger partial charge in [0.1, 0.15) is 19.0 Å². The van der Waals surface area contributed by atoms with Crippen LogP contribution in [0.5, 0.6) is 5.75 Å². The number of ether oxygens (including phenoxy) is 3. The Morgan fingerprint density at radius 2 is 1.53 bits per heavy atom. The van der Waals surface area contributed by atoms with Gasteiger partial charge in [-0.2, -0.15) is 13.2 Å². The van der Waals surface area contributed by atoms with E-state index in [0.29, 0.717) is 33.7 Å². The maximum absolute atomic E-state index is 13.9. The number of carbonyl (C=O) groups is 1. The van der Waals surface area contributed by atoms with Gasteiger partial charge in [-0.1, -0.05) is 72.3 Å². The fraction of sp³-hybridized carbons (Fsp3) is 0.176. The lowest BCUT2D eigenvalue weighted by molar-refractivity contribution is -0.146. The Morgan fingerprint density at radius 1 is 0.860 bits per heavy atom. The Labute approximate surface area is 251 Å². The van der Waals surface area contributed by atoms with Gasteiger partial charge in [-0.25, -0.2) is 4.79 Å². The molecule has 43 heavy (non-hydrogen) atoms. The molecule has 0 unspecified atom stereocenters. The van der Waals surface area contributed by atoms with Crippen molar-refractivity contribution < 1.29 is 32.2 Å². The molecule has 5 aromatic rings. The molecule has 5 rings (SSSR count). The lowest BCUT2D eigenvalue weighted by atomic mass is 9.92. The second-order valence-corrected chi connectivity index (χ2v) is 10.3. The van der Waals surface area contributed by atoms with Crippen LogP contribution in [0.1, 0.15) is 27.8 Å². The number of benzene rings is 4. The van der Waals surface area contributed by atoms with E-state index in [2.05, 4.69) is 9.72 Å². The zero-order valence-electron chi connectivity index (χ0n) is 23.2. The van der Waals surface area contributed by atoms with Crippen molar-refractivity contribution in [3.8, 4) is 16.9 Å². The minimum atomic E-state index is -4.55. The Kier molecular flexibility index (Phi) is 9.28. The minimum Gasteiger partial charge on any atom is -0.489 e. The van der Waals surface area contributed by atoms with Gasteiger partial charge in [0.05, 0.1) is 24.8 Å². The number of aromatic nitrogens is 1. The van der Waals surface area contributed by atoms with Gasteiger partial charge in [-0.15, -0.1) is 0 Å². The smallest absolute Gasteiger partial charge is 0.418 e. The molecule has 1 aromatic heterocycles. The summed E-state index contributed by atoms with van der Waals surface area (Å²) >= 11 is 6.06. The molecule has 0 radical (unpaired) electrons. The third kappa shape index (κ3) is 7.52. The highest BCUT2D eigenvalue weighted by Crippen LogP contribution is 2.39. The van der Waals surface area contributed by atoms with E-state index < -0.39 is 17.7 Å². The molecular formula is C34H27ClF3NO4. The van der Waals surface area contributed by atoms with Crippen molar-refractivity contribution in [3.05, 3.63) is 130 Å². The number of nitrogens with zero attached hydrogens (tertiary/aromatic N) is 1. The Balaban J connectivity index is 1.42. The molecule has 0 amide bonds. The Bertz CT molecular complexity index is 1720. The van der Waals surface area contributed by atoms with Crippen LogP contribution in [-0.4, -0.2) is 24.7 Å². The summed E-state index contributed by atoms with van der Waals surface area (Å²) in [6.45, 7) is 0.426. The van der Waals surface area contributed by atoms with E-state index in [1.54, 1.807) is 18.2 Å². The molecule has 1 heterocycles. The average Bonchev–Trinajstić information content (AvgIpc) is 3.01. The van der Waals surface area contributed by atoms with Gasteiger partial charge < -0.3 is 14.2 Å². The number of pyridine rings is 1. The van der Waals surface area contributed by atoms with E-state index in [1.165, 1.54) is 19.4 Å². The molecule has 9 heteroatoms. The van der Waals surface area contributed by atoms with Crippen LogP contribution in [0.2, 0.25) is 5.02 Å². The van der Waals surface area contributed by atoms with Gasteiger partial charge in [0.2, 0.25) is 0 Å². The topological polar surface area (TPSA) is 57.7 Å². The van der Waals surface area contributed by atoms with E-state index in [1.807, 2.05) is 60.7 Å². The number of methoxy groups -OCH3 is 1. The molecule has 0 saturated carbocycles. The average molecular weight is 606 g/mol. The highest BCUT2D eigenvalue weighted by atomic mass is 35.5. The van der Waals surface area contributed by atoms with Crippen LogP contribution in [0.3, 0.4) is 0 Å². The molecule has 4 aromatic carbocycles. The quantitative estimate of drug-likeness (QED) is 0.150. The second-order valence-electron chi connectivity index (χ2n) is 9.86. The van der Waals surface area contributed by atoms with Crippen molar-refractivity contribution in [2.75, 3.05) is 13.7 Å². The van der Waals surface area contributed by atoms with Crippen molar-refractivity contribution in [1.82, 2.24) is 4.98 Å². The van der Waals surface area contributed by atoms with E-state index in [-0.39, 0.29) is 25.3 Å². The number of fused-ring (bicyclic) bond motifs is 1. The summed E-state index contributed by atoms with van der Waals surface area (Å²) in [6.07, 6.45) is -2.58. The first-order chi connectivity index (χ1) is 20.7. The molecule has 0 saturated heterocycles.